The summed E-state index contributed by atoms with van der Waals surface area (Å²) in [6.07, 6.45) is 0. The van der Waals surface area contributed by atoms with E-state index in [4.69, 9.17) is 9.47 Å². The van der Waals surface area contributed by atoms with Gasteiger partial charge < -0.3 is 19.4 Å². The SMILES string of the molecule is COc1cc2[nH]c3nc(C)[nH]c(=O)c3c2cc1OC. The van der Waals surface area contributed by atoms with Gasteiger partial charge in [0.2, 0.25) is 0 Å². The number of hydrogen-bond acceptors (Lipinski definition) is 4. The summed E-state index contributed by atoms with van der Waals surface area (Å²) >= 11 is 0. The summed E-state index contributed by atoms with van der Waals surface area (Å²) in [6.45, 7) is 1.74. The molecule has 0 spiro atoms. The van der Waals surface area contributed by atoms with Gasteiger partial charge in [-0.1, -0.05) is 0 Å². The van der Waals surface area contributed by atoms with Crippen LogP contribution in [0, 0.1) is 6.92 Å². The van der Waals surface area contributed by atoms with Crippen LogP contribution in [-0.2, 0) is 0 Å². The molecule has 0 atom stereocenters. The van der Waals surface area contributed by atoms with E-state index >= 15 is 0 Å². The van der Waals surface area contributed by atoms with Crippen molar-refractivity contribution in [1.29, 1.82) is 0 Å². The number of hydrogen-bond donors (Lipinski definition) is 2. The molecule has 0 aliphatic rings. The third-order valence-electron chi connectivity index (χ3n) is 3.08. The van der Waals surface area contributed by atoms with Crippen LogP contribution >= 0.6 is 0 Å². The van der Waals surface area contributed by atoms with E-state index in [-0.39, 0.29) is 5.56 Å². The normalized spacial score (nSPS) is 11.1. The maximum Gasteiger partial charge on any atom is 0.261 e. The van der Waals surface area contributed by atoms with Gasteiger partial charge in [0.05, 0.1) is 25.1 Å². The minimum absolute atomic E-state index is 0.166. The number of H-pyrrole nitrogens is 2. The molecule has 0 aliphatic carbocycles. The summed E-state index contributed by atoms with van der Waals surface area (Å²) in [7, 11) is 3.13. The molecule has 0 saturated carbocycles. The Morgan fingerprint density at radius 2 is 1.79 bits per heavy atom. The Hall–Kier alpha value is -2.50. The second kappa shape index (κ2) is 4.01. The van der Waals surface area contributed by atoms with E-state index in [0.29, 0.717) is 28.4 Å². The molecular formula is C13H13N3O3. The molecule has 0 aliphatic heterocycles. The van der Waals surface area contributed by atoms with Gasteiger partial charge in [0.15, 0.2) is 11.5 Å². The lowest BCUT2D eigenvalue weighted by molar-refractivity contribution is 0.356. The van der Waals surface area contributed by atoms with E-state index in [2.05, 4.69) is 15.0 Å². The minimum atomic E-state index is -0.166. The van der Waals surface area contributed by atoms with Crippen molar-refractivity contribution in [2.45, 2.75) is 6.92 Å². The molecule has 3 aromatic rings. The molecule has 1 aromatic carbocycles. The molecule has 19 heavy (non-hydrogen) atoms. The molecule has 0 fully saturated rings. The van der Waals surface area contributed by atoms with E-state index < -0.39 is 0 Å². The van der Waals surface area contributed by atoms with Gasteiger partial charge in [-0.3, -0.25) is 4.79 Å². The Morgan fingerprint density at radius 3 is 2.47 bits per heavy atom. The Balaban J connectivity index is 2.48. The molecule has 6 heteroatoms. The average Bonchev–Trinajstić information content (AvgIpc) is 2.73. The highest BCUT2D eigenvalue weighted by Crippen LogP contribution is 2.34. The van der Waals surface area contributed by atoms with Crippen molar-refractivity contribution in [3.8, 4) is 11.5 Å². The summed E-state index contributed by atoms with van der Waals surface area (Å²) in [4.78, 5) is 22.2. The Morgan fingerprint density at radius 1 is 1.11 bits per heavy atom. The predicted molar refractivity (Wildman–Crippen MR) is 72.1 cm³/mol. The lowest BCUT2D eigenvalue weighted by atomic mass is 10.2. The maximum absolute atomic E-state index is 12.0. The molecule has 2 N–H and O–H groups in total. The van der Waals surface area contributed by atoms with E-state index in [0.717, 1.165) is 10.9 Å². The first-order chi connectivity index (χ1) is 9.13. The molecule has 0 bridgehead atoms. The van der Waals surface area contributed by atoms with Crippen molar-refractivity contribution in [1.82, 2.24) is 15.0 Å². The number of rotatable bonds is 2. The van der Waals surface area contributed by atoms with Crippen LogP contribution in [0.15, 0.2) is 16.9 Å². The van der Waals surface area contributed by atoms with Crippen molar-refractivity contribution >= 4 is 21.9 Å². The standard InChI is InChI=1S/C13H13N3O3/c1-6-14-12-11(13(17)15-6)7-4-9(18-2)10(19-3)5-8(7)16-12/h4-5H,1-3H3,(H2,14,15,16,17). The number of aromatic nitrogens is 3. The second-order valence-corrected chi connectivity index (χ2v) is 4.25. The lowest BCUT2D eigenvalue weighted by Gasteiger charge is -2.06. The zero-order chi connectivity index (χ0) is 13.6. The van der Waals surface area contributed by atoms with Crippen molar-refractivity contribution in [2.75, 3.05) is 14.2 Å². The number of ether oxygens (including phenoxy) is 2. The Bertz CT molecular complexity index is 832. The zero-order valence-corrected chi connectivity index (χ0v) is 10.8. The maximum atomic E-state index is 12.0. The number of benzene rings is 1. The highest BCUT2D eigenvalue weighted by molar-refractivity contribution is 6.06. The van der Waals surface area contributed by atoms with Gasteiger partial charge in [0, 0.05) is 11.5 Å². The molecular weight excluding hydrogens is 246 g/mol. The number of aromatic amines is 2. The molecule has 2 heterocycles. The molecule has 6 nitrogen and oxygen atoms in total. The number of aryl methyl sites for hydroxylation is 1. The largest absolute Gasteiger partial charge is 0.493 e. The number of nitrogens with one attached hydrogen (secondary N) is 2. The molecule has 2 aromatic heterocycles. The Labute approximate surface area is 108 Å². The quantitative estimate of drug-likeness (QED) is 0.734. The molecule has 0 saturated heterocycles. The van der Waals surface area contributed by atoms with Crippen LogP contribution in [0.3, 0.4) is 0 Å². The summed E-state index contributed by atoms with van der Waals surface area (Å²) in [5.41, 5.74) is 1.18. The van der Waals surface area contributed by atoms with Gasteiger partial charge in [-0.05, 0) is 13.0 Å². The smallest absolute Gasteiger partial charge is 0.261 e. The monoisotopic (exact) mass is 259 g/mol. The van der Waals surface area contributed by atoms with Gasteiger partial charge in [-0.15, -0.1) is 0 Å². The van der Waals surface area contributed by atoms with Gasteiger partial charge >= 0.3 is 0 Å². The van der Waals surface area contributed by atoms with Gasteiger partial charge in [-0.2, -0.15) is 0 Å². The fraction of sp³-hybridized carbons (Fsp3) is 0.231. The number of fused-ring (bicyclic) bond motifs is 3. The van der Waals surface area contributed by atoms with Gasteiger partial charge in [0.1, 0.15) is 11.5 Å². The van der Waals surface area contributed by atoms with Crippen LogP contribution in [0.2, 0.25) is 0 Å². The predicted octanol–water partition coefficient (Wildman–Crippen LogP) is 1.73. The molecule has 0 unspecified atom stereocenters. The van der Waals surface area contributed by atoms with E-state index in [1.54, 1.807) is 33.3 Å². The minimum Gasteiger partial charge on any atom is -0.493 e. The number of nitrogens with zero attached hydrogens (tertiary/aromatic N) is 1. The third-order valence-corrected chi connectivity index (χ3v) is 3.08. The van der Waals surface area contributed by atoms with E-state index in [1.807, 2.05) is 0 Å². The number of methoxy groups -OCH3 is 2. The first kappa shape index (κ1) is 11.6. The first-order valence-electron chi connectivity index (χ1n) is 5.78. The van der Waals surface area contributed by atoms with Gasteiger partial charge in [0.25, 0.3) is 5.56 Å². The topological polar surface area (TPSA) is 80.0 Å². The zero-order valence-electron chi connectivity index (χ0n) is 10.8. The summed E-state index contributed by atoms with van der Waals surface area (Å²) < 4.78 is 10.5. The van der Waals surface area contributed by atoms with E-state index in [9.17, 15) is 4.79 Å². The first-order valence-corrected chi connectivity index (χ1v) is 5.78. The summed E-state index contributed by atoms with van der Waals surface area (Å²) in [5, 5.41) is 1.29. The van der Waals surface area contributed by atoms with Crippen LogP contribution in [0.1, 0.15) is 5.82 Å². The highest BCUT2D eigenvalue weighted by atomic mass is 16.5. The highest BCUT2D eigenvalue weighted by Gasteiger charge is 2.14. The summed E-state index contributed by atoms with van der Waals surface area (Å²) in [5.74, 6) is 1.76. The van der Waals surface area contributed by atoms with Crippen LogP contribution in [0.4, 0.5) is 0 Å². The lowest BCUT2D eigenvalue weighted by Crippen LogP contribution is -2.08. The third kappa shape index (κ3) is 1.64. The van der Waals surface area contributed by atoms with Crippen LogP contribution in [0.5, 0.6) is 11.5 Å². The van der Waals surface area contributed by atoms with Crippen molar-refractivity contribution in [3.05, 3.63) is 28.3 Å². The van der Waals surface area contributed by atoms with Crippen LogP contribution < -0.4 is 15.0 Å². The van der Waals surface area contributed by atoms with Crippen LogP contribution in [0.25, 0.3) is 21.9 Å². The fourth-order valence-electron chi connectivity index (χ4n) is 2.24. The average molecular weight is 259 g/mol. The van der Waals surface area contributed by atoms with Gasteiger partial charge in [-0.25, -0.2) is 4.98 Å². The molecule has 98 valence electrons. The fourth-order valence-corrected chi connectivity index (χ4v) is 2.24. The van der Waals surface area contributed by atoms with Crippen LogP contribution in [-0.4, -0.2) is 29.2 Å². The second-order valence-electron chi connectivity index (χ2n) is 4.25. The molecule has 3 rings (SSSR count). The van der Waals surface area contributed by atoms with Crippen molar-refractivity contribution < 1.29 is 9.47 Å². The summed E-state index contributed by atoms with van der Waals surface area (Å²) in [6, 6.07) is 3.57. The van der Waals surface area contributed by atoms with E-state index in [1.165, 1.54) is 0 Å². The van der Waals surface area contributed by atoms with Crippen molar-refractivity contribution in [2.24, 2.45) is 0 Å². The Kier molecular flexibility index (Phi) is 2.45. The molecule has 0 amide bonds. The van der Waals surface area contributed by atoms with Crippen molar-refractivity contribution in [3.63, 3.8) is 0 Å². The molecule has 0 radical (unpaired) electrons.